The molecule has 2 heterocycles. The van der Waals surface area contributed by atoms with E-state index in [4.69, 9.17) is 0 Å². The molecule has 0 aliphatic rings. The molecule has 0 radical (unpaired) electrons. The maximum Gasteiger partial charge on any atom is 0.390 e. The van der Waals surface area contributed by atoms with Crippen LogP contribution in [0.2, 0.25) is 0 Å². The monoisotopic (exact) mass is 404 g/mol. The van der Waals surface area contributed by atoms with Crippen LogP contribution in [0, 0.1) is 17.0 Å². The van der Waals surface area contributed by atoms with Gasteiger partial charge in [0.1, 0.15) is 0 Å². The molecule has 0 saturated carbocycles. The second-order valence-electron chi connectivity index (χ2n) is 6.96. The maximum atomic E-state index is 12.2. The number of hydrogen-bond acceptors (Lipinski definition) is 5. The molecule has 0 bridgehead atoms. The average molecular weight is 404 g/mol. The molecular weight excluding hydrogens is 384 g/mol. The molecular formula is C21H20N6O3. The summed E-state index contributed by atoms with van der Waals surface area (Å²) in [5.74, 6) is 0.00598. The number of carbonyl (C=O) groups excluding carboxylic acids is 1. The second kappa shape index (κ2) is 8.16. The first-order chi connectivity index (χ1) is 14.5. The number of rotatable bonds is 7. The van der Waals surface area contributed by atoms with Gasteiger partial charge in [-0.2, -0.15) is 9.78 Å². The quantitative estimate of drug-likeness (QED) is 0.374. The van der Waals surface area contributed by atoms with Crippen molar-refractivity contribution in [2.24, 2.45) is 0 Å². The largest absolute Gasteiger partial charge is 0.390 e. The summed E-state index contributed by atoms with van der Waals surface area (Å²) < 4.78 is 3.23. The summed E-state index contributed by atoms with van der Waals surface area (Å²) in [6.45, 7) is 2.56. The first-order valence-corrected chi connectivity index (χ1v) is 9.48. The molecule has 30 heavy (non-hydrogen) atoms. The van der Waals surface area contributed by atoms with E-state index in [-0.39, 0.29) is 24.7 Å². The lowest BCUT2D eigenvalue weighted by Crippen LogP contribution is -2.16. The van der Waals surface area contributed by atoms with E-state index in [0.717, 1.165) is 5.56 Å². The highest BCUT2D eigenvalue weighted by Gasteiger charge is 2.16. The van der Waals surface area contributed by atoms with Gasteiger partial charge < -0.3 is 15.4 Å². The summed E-state index contributed by atoms with van der Waals surface area (Å²) in [5, 5.41) is 24.2. The van der Waals surface area contributed by atoms with Gasteiger partial charge >= 0.3 is 5.82 Å². The topological polar surface area (TPSA) is 108 Å². The summed E-state index contributed by atoms with van der Waals surface area (Å²) in [7, 11) is 0. The molecule has 1 amide bonds. The second-order valence-corrected chi connectivity index (χ2v) is 6.96. The van der Waals surface area contributed by atoms with Crippen molar-refractivity contribution in [3.63, 3.8) is 0 Å². The Labute approximate surface area is 172 Å². The Kier molecular flexibility index (Phi) is 5.25. The number of amides is 1. The van der Waals surface area contributed by atoms with Crippen molar-refractivity contribution < 1.29 is 9.72 Å². The van der Waals surface area contributed by atoms with Gasteiger partial charge in [0.2, 0.25) is 5.91 Å². The van der Waals surface area contributed by atoms with Crippen molar-refractivity contribution in [1.29, 1.82) is 0 Å². The zero-order chi connectivity index (χ0) is 21.1. The van der Waals surface area contributed by atoms with Gasteiger partial charge in [0.15, 0.2) is 5.82 Å². The van der Waals surface area contributed by atoms with E-state index in [1.54, 1.807) is 17.7 Å². The van der Waals surface area contributed by atoms with E-state index in [2.05, 4.69) is 39.8 Å². The predicted molar refractivity (Wildman–Crippen MR) is 112 cm³/mol. The molecule has 9 heteroatoms. The van der Waals surface area contributed by atoms with Crippen molar-refractivity contribution in [3.05, 3.63) is 82.2 Å². The smallest absolute Gasteiger partial charge is 0.358 e. The molecule has 1 N–H and O–H groups in total. The van der Waals surface area contributed by atoms with Gasteiger partial charge in [0.05, 0.1) is 29.9 Å². The molecule has 0 atom stereocenters. The third-order valence-electron chi connectivity index (χ3n) is 4.83. The Bertz CT molecular complexity index is 1220. The van der Waals surface area contributed by atoms with Gasteiger partial charge in [-0.15, -0.1) is 0 Å². The fourth-order valence-electron chi connectivity index (χ4n) is 3.34. The number of nitrogens with zero attached hydrogens (tertiary/aromatic N) is 5. The van der Waals surface area contributed by atoms with Crippen LogP contribution in [-0.2, 0) is 17.9 Å². The van der Waals surface area contributed by atoms with E-state index in [1.807, 2.05) is 24.4 Å². The third kappa shape index (κ3) is 4.19. The Morgan fingerprint density at radius 1 is 1.13 bits per heavy atom. The van der Waals surface area contributed by atoms with Crippen molar-refractivity contribution >= 4 is 28.3 Å². The number of nitrogens with one attached hydrogen (secondary N) is 1. The van der Waals surface area contributed by atoms with Gasteiger partial charge in [-0.1, -0.05) is 42.5 Å². The van der Waals surface area contributed by atoms with Crippen LogP contribution in [0.5, 0.6) is 0 Å². The molecule has 4 aromatic rings. The first kappa shape index (κ1) is 19.3. The molecule has 152 valence electrons. The van der Waals surface area contributed by atoms with Gasteiger partial charge in [0, 0.05) is 18.7 Å². The molecule has 0 fully saturated rings. The van der Waals surface area contributed by atoms with Crippen LogP contribution in [0.1, 0.15) is 17.7 Å². The van der Waals surface area contributed by atoms with Crippen LogP contribution in [-0.4, -0.2) is 30.4 Å². The molecule has 0 aliphatic heterocycles. The normalized spacial score (nSPS) is 11.0. The Morgan fingerprint density at radius 2 is 1.93 bits per heavy atom. The highest BCUT2D eigenvalue weighted by molar-refractivity contribution is 5.89. The van der Waals surface area contributed by atoms with Gasteiger partial charge in [-0.3, -0.25) is 9.48 Å². The summed E-state index contributed by atoms with van der Waals surface area (Å²) in [5.41, 5.74) is 1.78. The standard InChI is InChI=1S/C21H20N6O3/c1-15-13-20(27(29)30)24-26(15)12-10-21(28)22-19-9-11-25(23-19)14-17-7-4-6-16-5-2-3-8-18(16)17/h2-9,11,13H,10,12,14H2,1H3,(H,22,23,28). The minimum Gasteiger partial charge on any atom is -0.358 e. The Morgan fingerprint density at radius 3 is 2.73 bits per heavy atom. The Hall–Kier alpha value is -4.01. The van der Waals surface area contributed by atoms with Crippen molar-refractivity contribution in [3.8, 4) is 0 Å². The number of benzene rings is 2. The number of carbonyl (C=O) groups is 1. The fourth-order valence-corrected chi connectivity index (χ4v) is 3.34. The van der Waals surface area contributed by atoms with Crippen molar-refractivity contribution in [2.75, 3.05) is 5.32 Å². The summed E-state index contributed by atoms with van der Waals surface area (Å²) in [6, 6.07) is 17.5. The fraction of sp³-hybridized carbons (Fsp3) is 0.190. The molecule has 0 aliphatic carbocycles. The number of anilines is 1. The molecule has 0 spiro atoms. The molecule has 2 aromatic carbocycles. The van der Waals surface area contributed by atoms with Crippen molar-refractivity contribution in [1.82, 2.24) is 19.6 Å². The molecule has 4 rings (SSSR count). The summed E-state index contributed by atoms with van der Waals surface area (Å²) in [4.78, 5) is 22.5. The highest BCUT2D eigenvalue weighted by atomic mass is 16.6. The zero-order valence-corrected chi connectivity index (χ0v) is 16.4. The Balaban J connectivity index is 1.37. The van der Waals surface area contributed by atoms with Crippen LogP contribution in [0.15, 0.2) is 60.8 Å². The number of hydrogen-bond donors (Lipinski definition) is 1. The minimum atomic E-state index is -0.549. The van der Waals surface area contributed by atoms with Gasteiger partial charge in [-0.25, -0.2) is 0 Å². The van der Waals surface area contributed by atoms with E-state index in [1.165, 1.54) is 21.5 Å². The number of aromatic nitrogens is 4. The number of aryl methyl sites for hydroxylation is 2. The number of nitro groups is 1. The van der Waals surface area contributed by atoms with Crippen LogP contribution in [0.3, 0.4) is 0 Å². The van der Waals surface area contributed by atoms with E-state index in [9.17, 15) is 14.9 Å². The predicted octanol–water partition coefficient (Wildman–Crippen LogP) is 3.53. The lowest BCUT2D eigenvalue weighted by molar-refractivity contribution is -0.389. The van der Waals surface area contributed by atoms with Crippen LogP contribution < -0.4 is 5.32 Å². The third-order valence-corrected chi connectivity index (χ3v) is 4.83. The summed E-state index contributed by atoms with van der Waals surface area (Å²) in [6.07, 6.45) is 1.95. The van der Waals surface area contributed by atoms with Crippen LogP contribution in [0.4, 0.5) is 11.6 Å². The average Bonchev–Trinajstić information content (AvgIpc) is 3.33. The highest BCUT2D eigenvalue weighted by Crippen LogP contribution is 2.19. The first-order valence-electron chi connectivity index (χ1n) is 9.48. The molecule has 2 aromatic heterocycles. The molecule has 9 nitrogen and oxygen atoms in total. The molecule has 0 unspecified atom stereocenters. The van der Waals surface area contributed by atoms with E-state index < -0.39 is 4.92 Å². The lowest BCUT2D eigenvalue weighted by Gasteiger charge is -2.07. The van der Waals surface area contributed by atoms with Gasteiger partial charge in [-0.05, 0) is 28.2 Å². The summed E-state index contributed by atoms with van der Waals surface area (Å²) >= 11 is 0. The van der Waals surface area contributed by atoms with E-state index >= 15 is 0 Å². The number of fused-ring (bicyclic) bond motifs is 1. The van der Waals surface area contributed by atoms with Gasteiger partial charge in [0.25, 0.3) is 0 Å². The zero-order valence-electron chi connectivity index (χ0n) is 16.4. The van der Waals surface area contributed by atoms with Crippen LogP contribution >= 0.6 is 0 Å². The van der Waals surface area contributed by atoms with Crippen molar-refractivity contribution in [2.45, 2.75) is 26.4 Å². The SMILES string of the molecule is Cc1cc([N+](=O)[O-])nn1CCC(=O)Nc1ccn(Cc2cccc3ccccc23)n1. The van der Waals surface area contributed by atoms with Crippen LogP contribution in [0.25, 0.3) is 10.8 Å². The maximum absolute atomic E-state index is 12.2. The molecule has 0 saturated heterocycles. The minimum absolute atomic E-state index is 0.135. The lowest BCUT2D eigenvalue weighted by atomic mass is 10.0. The van der Waals surface area contributed by atoms with E-state index in [0.29, 0.717) is 18.1 Å².